The maximum absolute atomic E-state index is 13.2. The Balaban J connectivity index is 1.46. The fourth-order valence-electron chi connectivity index (χ4n) is 3.60. The first-order chi connectivity index (χ1) is 15.4. The van der Waals surface area contributed by atoms with Crippen molar-refractivity contribution < 1.29 is 18.0 Å². The molecular weight excluding hydrogens is 446 g/mol. The molecule has 1 saturated heterocycles. The molecule has 166 valence electrons. The third-order valence-corrected chi connectivity index (χ3v) is 7.74. The standard InChI is InChI=1S/C23H23N3O4S2/c27-22(20-7-4-14-31-20)24-18-8-10-19(11-9-18)25-23(28)21(17-5-2-1-3-6-17)26-12-15-32(29,30)16-13-26/h1-11,14,21H,12-13,15-16H2,(H,24,27)(H,25,28). The Labute approximate surface area is 191 Å². The van der Waals surface area contributed by atoms with Crippen LogP contribution in [0.4, 0.5) is 11.4 Å². The highest BCUT2D eigenvalue weighted by atomic mass is 32.2. The Morgan fingerprint density at radius 1 is 0.844 bits per heavy atom. The zero-order chi connectivity index (χ0) is 22.6. The number of hydrogen-bond acceptors (Lipinski definition) is 6. The molecule has 0 radical (unpaired) electrons. The molecule has 2 heterocycles. The molecule has 32 heavy (non-hydrogen) atoms. The van der Waals surface area contributed by atoms with Crippen molar-refractivity contribution in [1.82, 2.24) is 4.90 Å². The van der Waals surface area contributed by atoms with E-state index in [0.29, 0.717) is 29.3 Å². The van der Waals surface area contributed by atoms with E-state index in [4.69, 9.17) is 0 Å². The van der Waals surface area contributed by atoms with Crippen LogP contribution in [0.5, 0.6) is 0 Å². The second-order valence-electron chi connectivity index (χ2n) is 7.50. The maximum Gasteiger partial charge on any atom is 0.265 e. The van der Waals surface area contributed by atoms with Crippen LogP contribution >= 0.6 is 11.3 Å². The minimum atomic E-state index is -3.05. The van der Waals surface area contributed by atoms with Gasteiger partial charge in [0.1, 0.15) is 6.04 Å². The highest BCUT2D eigenvalue weighted by molar-refractivity contribution is 7.91. The molecule has 4 rings (SSSR count). The molecule has 2 N–H and O–H groups in total. The van der Waals surface area contributed by atoms with Gasteiger partial charge < -0.3 is 10.6 Å². The number of hydrogen-bond donors (Lipinski definition) is 2. The van der Waals surface area contributed by atoms with Gasteiger partial charge in [0.15, 0.2) is 9.84 Å². The van der Waals surface area contributed by atoms with E-state index >= 15 is 0 Å². The zero-order valence-electron chi connectivity index (χ0n) is 17.2. The van der Waals surface area contributed by atoms with Crippen LogP contribution < -0.4 is 10.6 Å². The highest BCUT2D eigenvalue weighted by Gasteiger charge is 2.32. The molecule has 0 saturated carbocycles. The molecule has 9 heteroatoms. The quantitative estimate of drug-likeness (QED) is 0.577. The predicted octanol–water partition coefficient (Wildman–Crippen LogP) is 3.41. The molecule has 1 aliphatic heterocycles. The molecule has 1 atom stereocenters. The van der Waals surface area contributed by atoms with Crippen LogP contribution in [0.25, 0.3) is 0 Å². The van der Waals surface area contributed by atoms with Crippen LogP contribution in [0, 0.1) is 0 Å². The molecule has 2 amide bonds. The van der Waals surface area contributed by atoms with Gasteiger partial charge in [0.2, 0.25) is 5.91 Å². The number of thiophene rings is 1. The van der Waals surface area contributed by atoms with E-state index in [0.717, 1.165) is 5.56 Å². The first kappa shape index (κ1) is 22.2. The Kier molecular flexibility index (Phi) is 6.69. The summed E-state index contributed by atoms with van der Waals surface area (Å²) in [6.45, 7) is 0.617. The summed E-state index contributed by atoms with van der Waals surface area (Å²) in [7, 11) is -3.05. The molecule has 7 nitrogen and oxygen atoms in total. The van der Waals surface area contributed by atoms with Gasteiger partial charge in [-0.25, -0.2) is 8.42 Å². The number of benzene rings is 2. The van der Waals surface area contributed by atoms with Crippen LogP contribution in [0.1, 0.15) is 21.3 Å². The fraction of sp³-hybridized carbons (Fsp3) is 0.217. The normalized spacial score (nSPS) is 16.8. The van der Waals surface area contributed by atoms with Gasteiger partial charge in [0.05, 0.1) is 16.4 Å². The summed E-state index contributed by atoms with van der Waals surface area (Å²) in [6.07, 6.45) is 0. The number of carbonyl (C=O) groups excluding carboxylic acids is 2. The Bertz CT molecular complexity index is 1160. The monoisotopic (exact) mass is 469 g/mol. The van der Waals surface area contributed by atoms with E-state index in [1.54, 1.807) is 30.3 Å². The van der Waals surface area contributed by atoms with Crippen molar-refractivity contribution in [3.63, 3.8) is 0 Å². The van der Waals surface area contributed by atoms with Crippen molar-refractivity contribution in [2.75, 3.05) is 35.2 Å². The third kappa shape index (κ3) is 5.42. The molecule has 1 unspecified atom stereocenters. The summed E-state index contributed by atoms with van der Waals surface area (Å²) >= 11 is 1.36. The third-order valence-electron chi connectivity index (χ3n) is 5.26. The summed E-state index contributed by atoms with van der Waals surface area (Å²) in [6, 6.07) is 19.2. The van der Waals surface area contributed by atoms with Crippen molar-refractivity contribution >= 4 is 44.4 Å². The van der Waals surface area contributed by atoms with Crippen molar-refractivity contribution in [2.24, 2.45) is 0 Å². The molecule has 0 aliphatic carbocycles. The van der Waals surface area contributed by atoms with E-state index < -0.39 is 15.9 Å². The largest absolute Gasteiger partial charge is 0.324 e. The molecule has 0 bridgehead atoms. The van der Waals surface area contributed by atoms with Crippen molar-refractivity contribution in [1.29, 1.82) is 0 Å². The van der Waals surface area contributed by atoms with E-state index in [1.807, 2.05) is 46.7 Å². The number of rotatable bonds is 6. The molecule has 1 fully saturated rings. The number of anilines is 2. The van der Waals surface area contributed by atoms with E-state index in [1.165, 1.54) is 11.3 Å². The first-order valence-corrected chi connectivity index (χ1v) is 12.9. The SMILES string of the molecule is O=C(Nc1ccc(NC(=O)C(c2ccccc2)N2CCS(=O)(=O)CC2)cc1)c1cccs1. The van der Waals surface area contributed by atoms with Crippen LogP contribution in [0.2, 0.25) is 0 Å². The summed E-state index contributed by atoms with van der Waals surface area (Å²) in [4.78, 5) is 27.9. The lowest BCUT2D eigenvalue weighted by molar-refractivity contribution is -0.121. The Morgan fingerprint density at radius 3 is 2.06 bits per heavy atom. The summed E-state index contributed by atoms with van der Waals surface area (Å²) < 4.78 is 23.7. The van der Waals surface area contributed by atoms with Gasteiger partial charge in [-0.15, -0.1) is 11.3 Å². The smallest absolute Gasteiger partial charge is 0.265 e. The van der Waals surface area contributed by atoms with Gasteiger partial charge in [0.25, 0.3) is 5.91 Å². The Hall–Kier alpha value is -3.01. The van der Waals surface area contributed by atoms with Gasteiger partial charge in [0, 0.05) is 24.5 Å². The average Bonchev–Trinajstić information content (AvgIpc) is 3.32. The lowest BCUT2D eigenvalue weighted by Crippen LogP contribution is -2.46. The van der Waals surface area contributed by atoms with Crippen molar-refractivity contribution in [3.8, 4) is 0 Å². The fourth-order valence-corrected chi connectivity index (χ4v) is 5.44. The number of sulfone groups is 1. The molecule has 0 spiro atoms. The molecule has 3 aromatic rings. The van der Waals surface area contributed by atoms with Crippen LogP contribution in [0.3, 0.4) is 0 Å². The Morgan fingerprint density at radius 2 is 1.47 bits per heavy atom. The summed E-state index contributed by atoms with van der Waals surface area (Å²) in [5, 5.41) is 7.59. The lowest BCUT2D eigenvalue weighted by atomic mass is 10.0. The topological polar surface area (TPSA) is 95.6 Å². The highest BCUT2D eigenvalue weighted by Crippen LogP contribution is 2.25. The number of nitrogens with zero attached hydrogens (tertiary/aromatic N) is 1. The van der Waals surface area contributed by atoms with Crippen LogP contribution in [-0.2, 0) is 14.6 Å². The predicted molar refractivity (Wildman–Crippen MR) is 127 cm³/mol. The molecule has 1 aliphatic rings. The molecule has 1 aromatic heterocycles. The van der Waals surface area contributed by atoms with Crippen LogP contribution in [-0.4, -0.2) is 49.7 Å². The summed E-state index contributed by atoms with van der Waals surface area (Å²) in [5.74, 6) is -0.323. The zero-order valence-corrected chi connectivity index (χ0v) is 18.9. The average molecular weight is 470 g/mol. The van der Waals surface area contributed by atoms with Crippen LogP contribution in [0.15, 0.2) is 72.1 Å². The van der Waals surface area contributed by atoms with Crippen molar-refractivity contribution in [3.05, 3.63) is 82.6 Å². The first-order valence-electron chi connectivity index (χ1n) is 10.2. The van der Waals surface area contributed by atoms with E-state index in [9.17, 15) is 18.0 Å². The number of amides is 2. The van der Waals surface area contributed by atoms with Gasteiger partial charge >= 0.3 is 0 Å². The minimum absolute atomic E-state index is 0.0439. The maximum atomic E-state index is 13.2. The van der Waals surface area contributed by atoms with Gasteiger partial charge in [-0.1, -0.05) is 36.4 Å². The van der Waals surface area contributed by atoms with Gasteiger partial charge in [-0.05, 0) is 41.3 Å². The molecular formula is C23H23N3O4S2. The second kappa shape index (κ2) is 9.64. The lowest BCUT2D eigenvalue weighted by Gasteiger charge is -2.33. The summed E-state index contributed by atoms with van der Waals surface area (Å²) in [5.41, 5.74) is 2.03. The van der Waals surface area contributed by atoms with E-state index in [2.05, 4.69) is 10.6 Å². The number of carbonyl (C=O) groups is 2. The molecule has 2 aromatic carbocycles. The van der Waals surface area contributed by atoms with Gasteiger partial charge in [-0.2, -0.15) is 0 Å². The van der Waals surface area contributed by atoms with Gasteiger partial charge in [-0.3, -0.25) is 14.5 Å². The van der Waals surface area contributed by atoms with Crippen molar-refractivity contribution in [2.45, 2.75) is 6.04 Å². The second-order valence-corrected chi connectivity index (χ2v) is 10.8. The number of nitrogens with one attached hydrogen (secondary N) is 2. The van der Waals surface area contributed by atoms with E-state index in [-0.39, 0.29) is 23.3 Å². The minimum Gasteiger partial charge on any atom is -0.324 e.